The van der Waals surface area contributed by atoms with Crippen LogP contribution in [0.15, 0.2) is 24.5 Å². The smallest absolute Gasteiger partial charge is 0.327 e. The number of aromatic nitrogens is 4. The minimum atomic E-state index is -0.908. The number of aryl methyl sites for hydroxylation is 1. The Morgan fingerprint density at radius 2 is 2.33 bits per heavy atom. The van der Waals surface area contributed by atoms with Crippen molar-refractivity contribution in [2.24, 2.45) is 7.05 Å². The fraction of sp³-hybridized carbons (Fsp3) is 0.312. The first-order valence-corrected chi connectivity index (χ1v) is 8.03. The number of benzene rings is 1. The predicted octanol–water partition coefficient (Wildman–Crippen LogP) is 2.13. The molecule has 1 atom stereocenters. The van der Waals surface area contributed by atoms with Gasteiger partial charge in [-0.05, 0) is 12.1 Å². The van der Waals surface area contributed by atoms with Crippen molar-refractivity contribution in [3.63, 3.8) is 0 Å². The minimum absolute atomic E-state index is 0.407. The van der Waals surface area contributed by atoms with Crippen molar-refractivity contribution in [3.8, 4) is 0 Å². The maximum absolute atomic E-state index is 11.8. The molecule has 0 fully saturated rings. The third-order valence-electron chi connectivity index (χ3n) is 4.51. The number of carboxylic acids is 1. The molecule has 1 aliphatic rings. The first-order chi connectivity index (χ1) is 11.6. The van der Waals surface area contributed by atoms with Gasteiger partial charge in [0.05, 0.1) is 28.3 Å². The van der Waals surface area contributed by atoms with Gasteiger partial charge in [-0.3, -0.25) is 14.4 Å². The summed E-state index contributed by atoms with van der Waals surface area (Å²) in [7, 11) is 1.86. The number of fused-ring (bicyclic) bond motifs is 2. The van der Waals surface area contributed by atoms with Gasteiger partial charge in [0, 0.05) is 37.6 Å². The summed E-state index contributed by atoms with van der Waals surface area (Å²) < 4.78 is 1.77. The van der Waals surface area contributed by atoms with E-state index in [-0.39, 0.29) is 0 Å². The second-order valence-electron chi connectivity index (χ2n) is 5.93. The van der Waals surface area contributed by atoms with Crippen LogP contribution in [0.25, 0.3) is 10.9 Å². The van der Waals surface area contributed by atoms with Crippen molar-refractivity contribution in [2.75, 3.05) is 6.54 Å². The van der Waals surface area contributed by atoms with Gasteiger partial charge >= 0.3 is 5.97 Å². The molecule has 1 aromatic carbocycles. The van der Waals surface area contributed by atoms with Gasteiger partial charge in [0.2, 0.25) is 0 Å². The number of hydrogen-bond acceptors (Lipinski definition) is 4. The quantitative estimate of drug-likeness (QED) is 0.759. The Morgan fingerprint density at radius 1 is 1.50 bits per heavy atom. The van der Waals surface area contributed by atoms with Crippen LogP contribution in [0.2, 0.25) is 5.02 Å². The number of nitrogens with one attached hydrogen (secondary N) is 1. The van der Waals surface area contributed by atoms with E-state index in [0.717, 1.165) is 28.7 Å². The molecule has 124 valence electrons. The van der Waals surface area contributed by atoms with Gasteiger partial charge in [-0.2, -0.15) is 5.10 Å². The van der Waals surface area contributed by atoms with E-state index in [1.54, 1.807) is 11.0 Å². The van der Waals surface area contributed by atoms with Crippen LogP contribution in [0.1, 0.15) is 23.1 Å². The molecule has 2 aromatic heterocycles. The van der Waals surface area contributed by atoms with Crippen LogP contribution < -0.4 is 0 Å². The maximum atomic E-state index is 11.8. The second-order valence-corrected chi connectivity index (χ2v) is 6.34. The number of halogens is 1. The molecule has 2 N–H and O–H groups in total. The molecule has 0 radical (unpaired) electrons. The summed E-state index contributed by atoms with van der Waals surface area (Å²) in [4.78, 5) is 20.9. The molecular weight excluding hydrogens is 330 g/mol. The molecule has 0 aliphatic carbocycles. The Morgan fingerprint density at radius 3 is 3.12 bits per heavy atom. The molecule has 8 heteroatoms. The Labute approximate surface area is 142 Å². The molecule has 4 rings (SSSR count). The number of aromatic amines is 1. The van der Waals surface area contributed by atoms with Crippen molar-refractivity contribution < 1.29 is 9.90 Å². The zero-order valence-corrected chi connectivity index (χ0v) is 13.8. The van der Waals surface area contributed by atoms with E-state index < -0.39 is 12.0 Å². The maximum Gasteiger partial charge on any atom is 0.327 e. The van der Waals surface area contributed by atoms with Crippen LogP contribution in [-0.2, 0) is 24.8 Å². The SMILES string of the molecule is Cn1nc(CN2CCc3[nH]cnc3[C@@H]2C(=O)O)c2c(Cl)cccc21. The molecule has 0 unspecified atom stereocenters. The van der Waals surface area contributed by atoms with Crippen LogP contribution in [0.5, 0.6) is 0 Å². The summed E-state index contributed by atoms with van der Waals surface area (Å²) >= 11 is 6.35. The average Bonchev–Trinajstić information content (AvgIpc) is 3.13. The molecule has 3 aromatic rings. The summed E-state index contributed by atoms with van der Waals surface area (Å²) in [5.74, 6) is -0.908. The summed E-state index contributed by atoms with van der Waals surface area (Å²) in [5, 5.41) is 15.7. The number of nitrogens with zero attached hydrogens (tertiary/aromatic N) is 4. The summed E-state index contributed by atoms with van der Waals surface area (Å²) in [6, 6.07) is 4.88. The van der Waals surface area contributed by atoms with Crippen LogP contribution in [0, 0.1) is 0 Å². The first kappa shape index (κ1) is 15.2. The Kier molecular flexibility index (Phi) is 3.54. The molecule has 1 aliphatic heterocycles. The molecule has 24 heavy (non-hydrogen) atoms. The highest BCUT2D eigenvalue weighted by Crippen LogP contribution is 2.32. The van der Waals surface area contributed by atoms with E-state index in [1.807, 2.05) is 30.1 Å². The van der Waals surface area contributed by atoms with E-state index in [1.165, 1.54) is 0 Å². The number of H-pyrrole nitrogens is 1. The van der Waals surface area contributed by atoms with Crippen LogP contribution in [0.3, 0.4) is 0 Å². The third kappa shape index (κ3) is 2.28. The van der Waals surface area contributed by atoms with E-state index in [4.69, 9.17) is 11.6 Å². The fourth-order valence-corrected chi connectivity index (χ4v) is 3.70. The zero-order valence-electron chi connectivity index (χ0n) is 13.0. The lowest BCUT2D eigenvalue weighted by molar-refractivity contribution is -0.144. The van der Waals surface area contributed by atoms with Gasteiger partial charge in [-0.25, -0.2) is 4.98 Å². The number of imidazole rings is 1. The highest BCUT2D eigenvalue weighted by molar-refractivity contribution is 6.35. The largest absolute Gasteiger partial charge is 0.480 e. The van der Waals surface area contributed by atoms with E-state index in [2.05, 4.69) is 15.1 Å². The number of carbonyl (C=O) groups is 1. The third-order valence-corrected chi connectivity index (χ3v) is 4.83. The van der Waals surface area contributed by atoms with Gasteiger partial charge in [0.15, 0.2) is 6.04 Å². The van der Waals surface area contributed by atoms with Crippen LogP contribution >= 0.6 is 11.6 Å². The Hall–Kier alpha value is -2.38. The lowest BCUT2D eigenvalue weighted by Crippen LogP contribution is -2.39. The number of aliphatic carboxylic acids is 1. The van der Waals surface area contributed by atoms with Gasteiger partial charge in [0.25, 0.3) is 0 Å². The van der Waals surface area contributed by atoms with Gasteiger partial charge < -0.3 is 10.1 Å². The fourth-order valence-electron chi connectivity index (χ4n) is 3.42. The standard InChI is InChI=1S/C16H16ClN5O2/c1-21-12-4-2-3-9(17)13(12)11(20-21)7-22-6-5-10-14(19-8-18-10)15(22)16(23)24/h2-4,8,15H,5-7H2,1H3,(H,18,19)(H,23,24)/t15-/m1/s1. The lowest BCUT2D eigenvalue weighted by Gasteiger charge is -2.31. The zero-order chi connectivity index (χ0) is 16.8. The Bertz CT molecular complexity index is 932. The van der Waals surface area contributed by atoms with Gasteiger partial charge in [-0.15, -0.1) is 0 Å². The highest BCUT2D eigenvalue weighted by Gasteiger charge is 2.35. The minimum Gasteiger partial charge on any atom is -0.480 e. The summed E-state index contributed by atoms with van der Waals surface area (Å²) in [6.07, 6.45) is 2.29. The molecule has 3 heterocycles. The lowest BCUT2D eigenvalue weighted by atomic mass is 10.0. The molecule has 0 amide bonds. The van der Waals surface area contributed by atoms with Crippen molar-refractivity contribution in [1.82, 2.24) is 24.6 Å². The van der Waals surface area contributed by atoms with Gasteiger partial charge in [-0.1, -0.05) is 17.7 Å². The number of rotatable bonds is 3. The topological polar surface area (TPSA) is 87.0 Å². The van der Waals surface area contributed by atoms with E-state index in [9.17, 15) is 9.90 Å². The molecule has 7 nitrogen and oxygen atoms in total. The molecule has 0 bridgehead atoms. The predicted molar refractivity (Wildman–Crippen MR) is 88.8 cm³/mol. The molecule has 0 spiro atoms. The highest BCUT2D eigenvalue weighted by atomic mass is 35.5. The molecule has 0 saturated carbocycles. The number of carboxylic acid groups (broad SMARTS) is 1. The van der Waals surface area contributed by atoms with Crippen LogP contribution in [-0.4, -0.2) is 42.3 Å². The van der Waals surface area contributed by atoms with Crippen molar-refractivity contribution in [3.05, 3.63) is 46.6 Å². The second kappa shape index (κ2) is 5.61. The Balaban J connectivity index is 1.75. The van der Waals surface area contributed by atoms with Crippen molar-refractivity contribution in [1.29, 1.82) is 0 Å². The summed E-state index contributed by atoms with van der Waals surface area (Å²) in [6.45, 7) is 1.03. The first-order valence-electron chi connectivity index (χ1n) is 7.65. The molecule has 0 saturated heterocycles. The normalized spacial score (nSPS) is 18.0. The van der Waals surface area contributed by atoms with E-state index in [0.29, 0.717) is 23.8 Å². The van der Waals surface area contributed by atoms with E-state index >= 15 is 0 Å². The number of hydrogen-bond donors (Lipinski definition) is 2. The van der Waals surface area contributed by atoms with Gasteiger partial charge in [0.1, 0.15) is 0 Å². The monoisotopic (exact) mass is 345 g/mol. The van der Waals surface area contributed by atoms with Crippen molar-refractivity contribution >= 4 is 28.5 Å². The summed E-state index contributed by atoms with van der Waals surface area (Å²) in [5.41, 5.74) is 3.19. The average molecular weight is 346 g/mol. The van der Waals surface area contributed by atoms with Crippen molar-refractivity contribution in [2.45, 2.75) is 19.0 Å². The van der Waals surface area contributed by atoms with Crippen LogP contribution in [0.4, 0.5) is 0 Å². The molecular formula is C16H16ClN5O2.